The molecule has 1 amide bonds. The van der Waals surface area contributed by atoms with Gasteiger partial charge < -0.3 is 20.1 Å². The van der Waals surface area contributed by atoms with Gasteiger partial charge in [-0.1, -0.05) is 12.1 Å². The van der Waals surface area contributed by atoms with Gasteiger partial charge in [0.1, 0.15) is 11.4 Å². The summed E-state index contributed by atoms with van der Waals surface area (Å²) in [7, 11) is 3.21. The second kappa shape index (κ2) is 8.70. The third kappa shape index (κ3) is 4.93. The lowest BCUT2D eigenvalue weighted by atomic mass is 10.2. The number of benzene rings is 1. The van der Waals surface area contributed by atoms with Crippen LogP contribution in [0.5, 0.6) is 5.75 Å². The first-order valence-corrected chi connectivity index (χ1v) is 7.25. The fourth-order valence-electron chi connectivity index (χ4n) is 1.92. The zero-order chi connectivity index (χ0) is 16.5. The molecular weight excluding hydrogens is 296 g/mol. The Labute approximate surface area is 135 Å². The van der Waals surface area contributed by atoms with Gasteiger partial charge in [0, 0.05) is 26.5 Å². The molecule has 0 saturated carbocycles. The van der Waals surface area contributed by atoms with Gasteiger partial charge in [-0.2, -0.15) is 0 Å². The van der Waals surface area contributed by atoms with Crippen molar-refractivity contribution in [1.29, 1.82) is 0 Å². The van der Waals surface area contributed by atoms with E-state index in [9.17, 15) is 4.79 Å². The molecule has 0 atom stereocenters. The summed E-state index contributed by atoms with van der Waals surface area (Å²) in [6.07, 6.45) is 2.38. The summed E-state index contributed by atoms with van der Waals surface area (Å²) in [4.78, 5) is 20.6. The standard InChI is InChI=1S/C16H20N4O3/c1-22-11-5-9-17-16-18-10-8-13(20-16)15(21)19-12-6-3-4-7-14(12)23-2/h3-4,6-8,10H,5,9,11H2,1-2H3,(H,19,21)(H,17,18,20). The molecule has 0 fully saturated rings. The molecule has 0 radical (unpaired) electrons. The van der Waals surface area contributed by atoms with Crippen molar-refractivity contribution in [3.63, 3.8) is 0 Å². The minimum atomic E-state index is -0.322. The predicted octanol–water partition coefficient (Wildman–Crippen LogP) is 2.19. The van der Waals surface area contributed by atoms with Crippen LogP contribution in [0.15, 0.2) is 36.5 Å². The average molecular weight is 316 g/mol. The molecule has 0 aliphatic heterocycles. The topological polar surface area (TPSA) is 85.4 Å². The van der Waals surface area contributed by atoms with Crippen LogP contribution in [0.1, 0.15) is 16.9 Å². The van der Waals surface area contributed by atoms with Crippen molar-refractivity contribution in [2.24, 2.45) is 0 Å². The number of aromatic nitrogens is 2. The van der Waals surface area contributed by atoms with E-state index in [0.717, 1.165) is 6.42 Å². The van der Waals surface area contributed by atoms with Gasteiger partial charge in [0.15, 0.2) is 0 Å². The Bertz CT molecular complexity index is 649. The molecular formula is C16H20N4O3. The normalized spacial score (nSPS) is 10.2. The van der Waals surface area contributed by atoms with Gasteiger partial charge in [-0.05, 0) is 24.6 Å². The highest BCUT2D eigenvalue weighted by molar-refractivity contribution is 6.03. The molecule has 0 saturated heterocycles. The van der Waals surface area contributed by atoms with Gasteiger partial charge in [-0.15, -0.1) is 0 Å². The monoisotopic (exact) mass is 316 g/mol. The zero-order valence-electron chi connectivity index (χ0n) is 13.2. The lowest BCUT2D eigenvalue weighted by Gasteiger charge is -2.10. The number of nitrogens with one attached hydrogen (secondary N) is 2. The van der Waals surface area contributed by atoms with E-state index in [1.54, 1.807) is 38.6 Å². The Morgan fingerprint density at radius 2 is 2.04 bits per heavy atom. The molecule has 122 valence electrons. The quantitative estimate of drug-likeness (QED) is 0.726. The maximum absolute atomic E-state index is 12.3. The lowest BCUT2D eigenvalue weighted by molar-refractivity contribution is 0.102. The van der Waals surface area contributed by atoms with Gasteiger partial charge in [-0.3, -0.25) is 4.79 Å². The van der Waals surface area contributed by atoms with E-state index >= 15 is 0 Å². The first kappa shape index (κ1) is 16.7. The van der Waals surface area contributed by atoms with Crippen molar-refractivity contribution in [2.45, 2.75) is 6.42 Å². The number of carbonyl (C=O) groups is 1. The van der Waals surface area contributed by atoms with Crippen molar-refractivity contribution >= 4 is 17.5 Å². The highest BCUT2D eigenvalue weighted by Crippen LogP contribution is 2.23. The van der Waals surface area contributed by atoms with Gasteiger partial charge in [0.25, 0.3) is 5.91 Å². The Morgan fingerprint density at radius 1 is 1.22 bits per heavy atom. The summed E-state index contributed by atoms with van der Waals surface area (Å²) >= 11 is 0. The van der Waals surface area contributed by atoms with Gasteiger partial charge >= 0.3 is 0 Å². The summed E-state index contributed by atoms with van der Waals surface area (Å²) in [6.45, 7) is 1.33. The largest absolute Gasteiger partial charge is 0.495 e. The number of ether oxygens (including phenoxy) is 2. The minimum absolute atomic E-state index is 0.278. The Balaban J connectivity index is 2.02. The third-order valence-electron chi connectivity index (χ3n) is 3.05. The number of methoxy groups -OCH3 is 2. The van der Waals surface area contributed by atoms with E-state index in [4.69, 9.17) is 9.47 Å². The molecule has 0 aliphatic rings. The van der Waals surface area contributed by atoms with Crippen LogP contribution < -0.4 is 15.4 Å². The second-order valence-corrected chi connectivity index (χ2v) is 4.69. The van der Waals surface area contributed by atoms with Crippen LogP contribution in [0.3, 0.4) is 0 Å². The zero-order valence-corrected chi connectivity index (χ0v) is 13.2. The number of nitrogens with zero attached hydrogens (tertiary/aromatic N) is 2. The summed E-state index contributed by atoms with van der Waals surface area (Å²) in [5, 5.41) is 5.83. The first-order valence-electron chi connectivity index (χ1n) is 7.25. The third-order valence-corrected chi connectivity index (χ3v) is 3.05. The summed E-state index contributed by atoms with van der Waals surface area (Å²) < 4.78 is 10.2. The molecule has 23 heavy (non-hydrogen) atoms. The van der Waals surface area contributed by atoms with Crippen molar-refractivity contribution in [1.82, 2.24) is 9.97 Å². The van der Waals surface area contributed by atoms with Crippen molar-refractivity contribution in [3.8, 4) is 5.75 Å². The fourth-order valence-corrected chi connectivity index (χ4v) is 1.92. The Morgan fingerprint density at radius 3 is 2.83 bits per heavy atom. The molecule has 1 aromatic heterocycles. The molecule has 7 heteroatoms. The molecule has 7 nitrogen and oxygen atoms in total. The SMILES string of the molecule is COCCCNc1nccc(C(=O)Nc2ccccc2OC)n1. The molecule has 2 rings (SSSR count). The number of carbonyl (C=O) groups excluding carboxylic acids is 1. The molecule has 2 N–H and O–H groups in total. The molecule has 1 aromatic carbocycles. The molecule has 0 spiro atoms. The smallest absolute Gasteiger partial charge is 0.274 e. The maximum atomic E-state index is 12.3. The van der Waals surface area contributed by atoms with Crippen molar-refractivity contribution < 1.29 is 14.3 Å². The fraction of sp³-hybridized carbons (Fsp3) is 0.312. The minimum Gasteiger partial charge on any atom is -0.495 e. The first-order chi connectivity index (χ1) is 11.2. The number of para-hydroxylation sites is 2. The highest BCUT2D eigenvalue weighted by Gasteiger charge is 2.11. The molecule has 0 unspecified atom stereocenters. The van der Waals surface area contributed by atoms with Crippen LogP contribution in [-0.4, -0.2) is 43.2 Å². The van der Waals surface area contributed by atoms with Crippen LogP contribution in [0.25, 0.3) is 0 Å². The van der Waals surface area contributed by atoms with E-state index in [-0.39, 0.29) is 11.6 Å². The van der Waals surface area contributed by atoms with Crippen LogP contribution in [-0.2, 0) is 4.74 Å². The second-order valence-electron chi connectivity index (χ2n) is 4.69. The highest BCUT2D eigenvalue weighted by atomic mass is 16.5. The number of amides is 1. The average Bonchev–Trinajstić information content (AvgIpc) is 2.59. The van der Waals surface area contributed by atoms with Crippen LogP contribution >= 0.6 is 0 Å². The summed E-state index contributed by atoms with van der Waals surface area (Å²) in [6, 6.07) is 8.76. The molecule has 1 heterocycles. The van der Waals surface area contributed by atoms with Crippen LogP contribution in [0.2, 0.25) is 0 Å². The van der Waals surface area contributed by atoms with Crippen molar-refractivity contribution in [3.05, 3.63) is 42.2 Å². The van der Waals surface area contributed by atoms with Crippen LogP contribution in [0, 0.1) is 0 Å². The van der Waals surface area contributed by atoms with E-state index in [0.29, 0.717) is 30.5 Å². The van der Waals surface area contributed by atoms with Gasteiger partial charge in [0.2, 0.25) is 5.95 Å². The van der Waals surface area contributed by atoms with Gasteiger partial charge in [-0.25, -0.2) is 9.97 Å². The lowest BCUT2D eigenvalue weighted by Crippen LogP contribution is -2.16. The maximum Gasteiger partial charge on any atom is 0.274 e. The number of hydrogen-bond donors (Lipinski definition) is 2. The molecule has 2 aromatic rings. The number of rotatable bonds is 8. The van der Waals surface area contributed by atoms with Crippen molar-refractivity contribution in [2.75, 3.05) is 38.0 Å². The summed E-state index contributed by atoms with van der Waals surface area (Å²) in [5.74, 6) is 0.679. The van der Waals surface area contributed by atoms with E-state index in [1.807, 2.05) is 12.1 Å². The predicted molar refractivity (Wildman–Crippen MR) is 88.0 cm³/mol. The van der Waals surface area contributed by atoms with Gasteiger partial charge in [0.05, 0.1) is 12.8 Å². The molecule has 0 aliphatic carbocycles. The Hall–Kier alpha value is -2.67. The summed E-state index contributed by atoms with van der Waals surface area (Å²) in [5.41, 5.74) is 0.869. The van der Waals surface area contributed by atoms with Crippen LogP contribution in [0.4, 0.5) is 11.6 Å². The van der Waals surface area contributed by atoms with E-state index < -0.39 is 0 Å². The Kier molecular flexibility index (Phi) is 6.31. The number of hydrogen-bond acceptors (Lipinski definition) is 6. The van der Waals surface area contributed by atoms with E-state index in [1.165, 1.54) is 0 Å². The number of anilines is 2. The molecule has 0 bridgehead atoms. The van der Waals surface area contributed by atoms with E-state index in [2.05, 4.69) is 20.6 Å².